The normalized spacial score (nSPS) is 11.4. The Bertz CT molecular complexity index is 1020. The van der Waals surface area contributed by atoms with Gasteiger partial charge in [-0.2, -0.15) is 0 Å². The molecule has 0 saturated carbocycles. The van der Waals surface area contributed by atoms with Gasteiger partial charge in [0.25, 0.3) is 11.1 Å². The molecule has 2 aromatic rings. The van der Waals surface area contributed by atoms with Crippen LogP contribution in [-0.2, 0) is 11.8 Å². The summed E-state index contributed by atoms with van der Waals surface area (Å²) >= 11 is 5.51. The summed E-state index contributed by atoms with van der Waals surface area (Å²) in [6.07, 6.45) is 5.14. The molecular weight excluding hydrogens is 395 g/mol. The number of nitrogens with zero attached hydrogens (tertiary/aromatic N) is 2. The Balaban J connectivity index is 2.42. The van der Waals surface area contributed by atoms with Crippen LogP contribution in [0.3, 0.4) is 0 Å². The number of aromatic nitrogens is 4. The topological polar surface area (TPSA) is 128 Å². The lowest BCUT2D eigenvalue weighted by Gasteiger charge is -2.23. The van der Waals surface area contributed by atoms with E-state index in [4.69, 9.17) is 21.1 Å². The first-order valence-electron chi connectivity index (χ1n) is 8.29. The molecule has 0 aromatic carbocycles. The molecule has 10 nitrogen and oxygen atoms in total. The van der Waals surface area contributed by atoms with Gasteiger partial charge in [0.05, 0.1) is 12.4 Å². The minimum atomic E-state index is -3.20. The summed E-state index contributed by atoms with van der Waals surface area (Å²) in [5.74, 6) is 0. The number of H-pyrrole nitrogens is 2. The number of aromatic amines is 2. The summed E-state index contributed by atoms with van der Waals surface area (Å²) in [4.78, 5) is 51.3. The molecule has 0 unspecified atom stereocenters. The average Bonchev–Trinajstić information content (AvgIpc) is 2.58. The molecule has 0 aliphatic carbocycles. The van der Waals surface area contributed by atoms with Crippen molar-refractivity contribution < 1.29 is 9.25 Å². The summed E-state index contributed by atoms with van der Waals surface area (Å²) in [6, 6.07) is 0. The molecule has 2 rings (SSSR count). The fourth-order valence-electron chi connectivity index (χ4n) is 2.13. The van der Waals surface area contributed by atoms with Gasteiger partial charge in [0.15, 0.2) is 0 Å². The van der Waals surface area contributed by atoms with Crippen molar-refractivity contribution in [2.24, 2.45) is 0 Å². The summed E-state index contributed by atoms with van der Waals surface area (Å²) in [6.45, 7) is 1.83. The van der Waals surface area contributed by atoms with Crippen molar-refractivity contribution in [3.63, 3.8) is 0 Å². The molecule has 12 heteroatoms. The largest absolute Gasteiger partial charge is 0.361 e. The van der Waals surface area contributed by atoms with Gasteiger partial charge in [0.2, 0.25) is 0 Å². The highest BCUT2D eigenvalue weighted by Crippen LogP contribution is 2.42. The lowest BCUT2D eigenvalue weighted by atomic mass is 10.3. The van der Waals surface area contributed by atoms with Crippen LogP contribution in [-0.4, -0.2) is 25.6 Å². The van der Waals surface area contributed by atoms with Gasteiger partial charge >= 0.3 is 17.9 Å². The van der Waals surface area contributed by atoms with E-state index in [1.807, 2.05) is 6.92 Å². The zero-order chi connectivity index (χ0) is 20.2. The lowest BCUT2D eigenvalue weighted by Crippen LogP contribution is -2.38. The van der Waals surface area contributed by atoms with E-state index in [0.717, 1.165) is 22.3 Å². The summed E-state index contributed by atoms with van der Waals surface area (Å²) in [7, 11) is 0. The van der Waals surface area contributed by atoms with Crippen LogP contribution in [0.4, 0.5) is 0 Å². The van der Waals surface area contributed by atoms with E-state index in [1.165, 1.54) is 26.2 Å². The molecule has 0 fully saturated rings. The van der Waals surface area contributed by atoms with Crippen molar-refractivity contribution in [1.29, 1.82) is 0 Å². The van der Waals surface area contributed by atoms with E-state index in [2.05, 4.69) is 9.97 Å². The number of hydrogen-bond donors (Lipinski definition) is 2. The number of hydrogen-bond acceptors (Lipinski definition) is 7. The highest BCUT2D eigenvalue weighted by molar-refractivity contribution is 8.10. The predicted octanol–water partition coefficient (Wildman–Crippen LogP) is 0.0605. The van der Waals surface area contributed by atoms with Crippen molar-refractivity contribution in [2.45, 2.75) is 40.0 Å². The summed E-state index contributed by atoms with van der Waals surface area (Å²) < 4.78 is 12.9. The molecule has 2 N–H and O–H groups in total. The van der Waals surface area contributed by atoms with E-state index in [9.17, 15) is 19.2 Å². The number of aryl methyl sites for hydroxylation is 2. The first kappa shape index (κ1) is 20.9. The van der Waals surface area contributed by atoms with Gasteiger partial charge < -0.3 is 9.25 Å². The molecule has 0 aliphatic rings. The zero-order valence-electron chi connectivity index (χ0n) is 15.2. The number of unbranched alkanes of at least 4 members (excludes halogenated alkanes) is 2. The Kier molecular flexibility index (Phi) is 6.61. The van der Waals surface area contributed by atoms with Crippen LogP contribution in [0.25, 0.3) is 0 Å². The van der Waals surface area contributed by atoms with E-state index < -0.39 is 29.0 Å². The summed E-state index contributed by atoms with van der Waals surface area (Å²) in [5, 5.41) is 0. The first-order chi connectivity index (χ1) is 12.6. The number of rotatable bonds is 8. The second-order valence-electron chi connectivity index (χ2n) is 6.00. The van der Waals surface area contributed by atoms with E-state index >= 15 is 0 Å². The standard InChI is InChI=1S/C15H21N4O6PS/c1-4-5-6-7-26(27,24-18-8-10(2)12(20)16-14(18)22)25-19-9-11(3)13(21)17-15(19)23/h8-9H,4-7H2,1-3H3,(H,16,20,22)(H,17,21,23). The van der Waals surface area contributed by atoms with Gasteiger partial charge in [0.1, 0.15) is 0 Å². The van der Waals surface area contributed by atoms with Crippen molar-refractivity contribution in [3.05, 3.63) is 65.2 Å². The van der Waals surface area contributed by atoms with Gasteiger partial charge in [-0.3, -0.25) is 19.6 Å². The maximum atomic E-state index is 12.0. The van der Waals surface area contributed by atoms with Gasteiger partial charge in [-0.05, 0) is 32.1 Å². The Morgan fingerprint density at radius 2 is 1.37 bits per heavy atom. The maximum Gasteiger partial charge on any atom is 0.361 e. The maximum absolute atomic E-state index is 12.0. The third kappa shape index (κ3) is 5.30. The molecule has 0 spiro atoms. The molecule has 0 saturated heterocycles. The van der Waals surface area contributed by atoms with Crippen LogP contribution in [0.1, 0.15) is 37.3 Å². The molecule has 0 aliphatic heterocycles. The third-order valence-electron chi connectivity index (χ3n) is 3.64. The summed E-state index contributed by atoms with van der Waals surface area (Å²) in [5.41, 5.74) is -2.17. The van der Waals surface area contributed by atoms with Gasteiger partial charge in [-0.25, -0.2) is 9.59 Å². The van der Waals surface area contributed by atoms with E-state index in [1.54, 1.807) is 0 Å². The number of nitrogens with one attached hydrogen (secondary N) is 2. The zero-order valence-corrected chi connectivity index (χ0v) is 16.9. The van der Waals surface area contributed by atoms with Crippen LogP contribution >= 0.6 is 6.49 Å². The Hall–Kier alpha value is -2.39. The van der Waals surface area contributed by atoms with Crippen LogP contribution in [0.15, 0.2) is 31.6 Å². The van der Waals surface area contributed by atoms with Crippen LogP contribution in [0, 0.1) is 13.8 Å². The molecule has 0 atom stereocenters. The monoisotopic (exact) mass is 416 g/mol. The third-order valence-corrected chi connectivity index (χ3v) is 6.30. The first-order valence-corrected chi connectivity index (χ1v) is 11.1. The van der Waals surface area contributed by atoms with E-state index in [0.29, 0.717) is 6.42 Å². The van der Waals surface area contributed by atoms with Crippen molar-refractivity contribution in [3.8, 4) is 0 Å². The second-order valence-corrected chi connectivity index (χ2v) is 9.66. The Labute approximate surface area is 158 Å². The lowest BCUT2D eigenvalue weighted by molar-refractivity contribution is 0.191. The SMILES string of the molecule is CCCCCP(=S)(On1cc(C)c(=O)[nH]c1=O)On1cc(C)c(=O)[nH]c1=O. The molecule has 0 radical (unpaired) electrons. The molecular formula is C15H21N4O6PS. The average molecular weight is 416 g/mol. The van der Waals surface area contributed by atoms with Crippen LogP contribution < -0.4 is 31.7 Å². The molecule has 27 heavy (non-hydrogen) atoms. The highest BCUT2D eigenvalue weighted by atomic mass is 32.5. The molecule has 0 bridgehead atoms. The molecule has 2 aromatic heterocycles. The van der Waals surface area contributed by atoms with Gasteiger partial charge in [-0.15, -0.1) is 9.46 Å². The molecule has 148 valence electrons. The van der Waals surface area contributed by atoms with Gasteiger partial charge in [-0.1, -0.05) is 19.8 Å². The van der Waals surface area contributed by atoms with Gasteiger partial charge in [0, 0.05) is 17.3 Å². The Morgan fingerprint density at radius 1 is 0.926 bits per heavy atom. The molecule has 0 amide bonds. The fourth-order valence-corrected chi connectivity index (χ4v) is 4.53. The van der Waals surface area contributed by atoms with Crippen molar-refractivity contribution >= 4 is 18.3 Å². The van der Waals surface area contributed by atoms with Crippen molar-refractivity contribution in [2.75, 3.05) is 6.16 Å². The van der Waals surface area contributed by atoms with Crippen LogP contribution in [0.2, 0.25) is 0 Å². The smallest absolute Gasteiger partial charge is 0.341 e. The Morgan fingerprint density at radius 3 is 1.78 bits per heavy atom. The highest BCUT2D eigenvalue weighted by Gasteiger charge is 2.25. The second kappa shape index (κ2) is 8.53. The predicted molar refractivity (Wildman–Crippen MR) is 104 cm³/mol. The minimum absolute atomic E-state index is 0.252. The quantitative estimate of drug-likeness (QED) is 0.460. The van der Waals surface area contributed by atoms with Crippen LogP contribution in [0.5, 0.6) is 0 Å². The molecule has 2 heterocycles. The minimum Gasteiger partial charge on any atom is -0.341 e. The fraction of sp³-hybridized carbons (Fsp3) is 0.467. The van der Waals surface area contributed by atoms with Crippen molar-refractivity contribution in [1.82, 2.24) is 19.4 Å². The van der Waals surface area contributed by atoms with E-state index in [-0.39, 0.29) is 17.3 Å².